The van der Waals surface area contributed by atoms with Gasteiger partial charge in [0.25, 0.3) is 0 Å². The van der Waals surface area contributed by atoms with Crippen LogP contribution in [-0.4, -0.2) is 18.3 Å². The third-order valence-corrected chi connectivity index (χ3v) is 1.79. The molecule has 0 bridgehead atoms. The first kappa shape index (κ1) is 9.65. The zero-order valence-corrected chi connectivity index (χ0v) is 7.77. The Kier molecular flexibility index (Phi) is 3.66. The average molecular weight is 207 g/mol. The zero-order valence-electron chi connectivity index (χ0n) is 6.26. The van der Waals surface area contributed by atoms with E-state index in [9.17, 15) is 0 Å². The summed E-state index contributed by atoms with van der Waals surface area (Å²) in [6.07, 6.45) is 0. The van der Waals surface area contributed by atoms with Crippen LogP contribution in [0.15, 0.2) is 18.2 Å². The van der Waals surface area contributed by atoms with Crippen LogP contribution < -0.4 is 4.74 Å². The minimum atomic E-state index is -0.0388. The van der Waals surface area contributed by atoms with Crippen LogP contribution in [0.2, 0.25) is 10.0 Å². The van der Waals surface area contributed by atoms with Crippen LogP contribution in [-0.2, 0) is 0 Å². The Balaban J connectivity index is 2.75. The van der Waals surface area contributed by atoms with Gasteiger partial charge < -0.3 is 9.84 Å². The second-order valence-electron chi connectivity index (χ2n) is 2.15. The number of halogens is 2. The van der Waals surface area contributed by atoms with Crippen molar-refractivity contribution in [2.75, 3.05) is 13.2 Å². The van der Waals surface area contributed by atoms with Crippen molar-refractivity contribution in [1.82, 2.24) is 0 Å². The second kappa shape index (κ2) is 4.55. The van der Waals surface area contributed by atoms with Crippen molar-refractivity contribution < 1.29 is 9.84 Å². The molecule has 4 heteroatoms. The summed E-state index contributed by atoms with van der Waals surface area (Å²) in [5.74, 6) is 0.498. The Hall–Kier alpha value is -0.440. The Morgan fingerprint density at radius 3 is 2.75 bits per heavy atom. The second-order valence-corrected chi connectivity index (χ2v) is 2.99. The lowest BCUT2D eigenvalue weighted by Gasteiger charge is -2.05. The molecule has 0 aromatic heterocycles. The summed E-state index contributed by atoms with van der Waals surface area (Å²) in [5.41, 5.74) is 0. The maximum absolute atomic E-state index is 8.49. The molecule has 0 spiro atoms. The number of aliphatic hydroxyl groups excluding tert-OH is 1. The van der Waals surface area contributed by atoms with E-state index in [1.54, 1.807) is 18.2 Å². The molecular formula is C8H8Cl2O2. The lowest BCUT2D eigenvalue weighted by molar-refractivity contribution is 0.201. The number of rotatable bonds is 3. The monoisotopic (exact) mass is 206 g/mol. The summed E-state index contributed by atoms with van der Waals surface area (Å²) in [5, 5.41) is 9.54. The zero-order chi connectivity index (χ0) is 8.97. The highest BCUT2D eigenvalue weighted by Crippen LogP contribution is 2.27. The van der Waals surface area contributed by atoms with Crippen molar-refractivity contribution in [3.8, 4) is 5.75 Å². The molecule has 0 aliphatic rings. The lowest BCUT2D eigenvalue weighted by Crippen LogP contribution is -2.01. The topological polar surface area (TPSA) is 29.5 Å². The predicted octanol–water partition coefficient (Wildman–Crippen LogP) is 2.36. The minimum absolute atomic E-state index is 0.0388. The highest BCUT2D eigenvalue weighted by molar-refractivity contribution is 6.34. The van der Waals surface area contributed by atoms with Gasteiger partial charge in [-0.3, -0.25) is 0 Å². The minimum Gasteiger partial charge on any atom is -0.490 e. The molecule has 66 valence electrons. The fourth-order valence-corrected chi connectivity index (χ4v) is 1.08. The van der Waals surface area contributed by atoms with Crippen LogP contribution in [0.3, 0.4) is 0 Å². The molecule has 0 aliphatic heterocycles. The molecular weight excluding hydrogens is 199 g/mol. The summed E-state index contributed by atoms with van der Waals surface area (Å²) < 4.78 is 5.10. The number of aliphatic hydroxyl groups is 1. The highest BCUT2D eigenvalue weighted by atomic mass is 35.5. The normalized spacial score (nSPS) is 9.92. The maximum Gasteiger partial charge on any atom is 0.139 e. The molecule has 1 aromatic carbocycles. The van der Waals surface area contributed by atoms with Crippen LogP contribution in [0.5, 0.6) is 5.75 Å². The van der Waals surface area contributed by atoms with Crippen molar-refractivity contribution in [3.63, 3.8) is 0 Å². The quantitative estimate of drug-likeness (QED) is 0.824. The Morgan fingerprint density at radius 2 is 2.08 bits per heavy atom. The predicted molar refractivity (Wildman–Crippen MR) is 49.0 cm³/mol. The fraction of sp³-hybridized carbons (Fsp3) is 0.250. The van der Waals surface area contributed by atoms with Crippen molar-refractivity contribution in [1.29, 1.82) is 0 Å². The van der Waals surface area contributed by atoms with E-state index in [1.165, 1.54) is 0 Å². The summed E-state index contributed by atoms with van der Waals surface area (Å²) in [7, 11) is 0. The molecule has 0 radical (unpaired) electrons. The third-order valence-electron chi connectivity index (χ3n) is 1.24. The van der Waals surface area contributed by atoms with Crippen LogP contribution >= 0.6 is 23.2 Å². The molecule has 1 aromatic rings. The molecule has 12 heavy (non-hydrogen) atoms. The van der Waals surface area contributed by atoms with Gasteiger partial charge in [-0.15, -0.1) is 0 Å². The molecule has 0 amide bonds. The van der Waals surface area contributed by atoms with Gasteiger partial charge in [-0.1, -0.05) is 23.2 Å². The van der Waals surface area contributed by atoms with E-state index in [1.807, 2.05) is 0 Å². The largest absolute Gasteiger partial charge is 0.490 e. The highest BCUT2D eigenvalue weighted by Gasteiger charge is 2.00. The van der Waals surface area contributed by atoms with Crippen LogP contribution in [0.1, 0.15) is 0 Å². The smallest absolute Gasteiger partial charge is 0.139 e. The SMILES string of the molecule is OCCOc1cc(Cl)ccc1Cl. The van der Waals surface area contributed by atoms with Gasteiger partial charge in [0.1, 0.15) is 12.4 Å². The average Bonchev–Trinajstić information content (AvgIpc) is 2.07. The lowest BCUT2D eigenvalue weighted by atomic mass is 10.3. The first-order valence-electron chi connectivity index (χ1n) is 3.43. The molecule has 0 atom stereocenters. The Labute approximate surface area is 80.7 Å². The van der Waals surface area contributed by atoms with E-state index in [4.69, 9.17) is 33.0 Å². The van der Waals surface area contributed by atoms with Crippen LogP contribution in [0.4, 0.5) is 0 Å². The first-order valence-corrected chi connectivity index (χ1v) is 4.18. The van der Waals surface area contributed by atoms with Gasteiger partial charge in [-0.05, 0) is 12.1 Å². The van der Waals surface area contributed by atoms with Crippen LogP contribution in [0.25, 0.3) is 0 Å². The molecule has 0 saturated carbocycles. The van der Waals surface area contributed by atoms with Crippen LogP contribution in [0, 0.1) is 0 Å². The number of hydrogen-bond donors (Lipinski definition) is 1. The summed E-state index contributed by atoms with van der Waals surface area (Å²) >= 11 is 11.5. The maximum atomic E-state index is 8.49. The van der Waals surface area contributed by atoms with Gasteiger partial charge in [-0.25, -0.2) is 0 Å². The molecule has 0 heterocycles. The molecule has 0 fully saturated rings. The first-order chi connectivity index (χ1) is 5.74. The van der Waals surface area contributed by atoms with Gasteiger partial charge in [0.05, 0.1) is 11.6 Å². The van der Waals surface area contributed by atoms with Gasteiger partial charge in [-0.2, -0.15) is 0 Å². The molecule has 1 rings (SSSR count). The number of hydrogen-bond acceptors (Lipinski definition) is 2. The van der Waals surface area contributed by atoms with Crippen molar-refractivity contribution >= 4 is 23.2 Å². The third kappa shape index (κ3) is 2.55. The summed E-state index contributed by atoms with van der Waals surface area (Å²) in [6.45, 7) is 0.183. The number of benzene rings is 1. The van der Waals surface area contributed by atoms with Gasteiger partial charge in [0, 0.05) is 11.1 Å². The standard InChI is InChI=1S/C8H8Cl2O2/c9-6-1-2-7(10)8(5-6)12-4-3-11/h1-2,5,11H,3-4H2. The van der Waals surface area contributed by atoms with Crippen molar-refractivity contribution in [2.24, 2.45) is 0 Å². The van der Waals surface area contributed by atoms with E-state index in [0.29, 0.717) is 15.8 Å². The van der Waals surface area contributed by atoms with Crippen molar-refractivity contribution in [3.05, 3.63) is 28.2 Å². The van der Waals surface area contributed by atoms with Crippen molar-refractivity contribution in [2.45, 2.75) is 0 Å². The molecule has 0 unspecified atom stereocenters. The van der Waals surface area contributed by atoms with Gasteiger partial charge in [0.2, 0.25) is 0 Å². The molecule has 0 aliphatic carbocycles. The Morgan fingerprint density at radius 1 is 1.33 bits per heavy atom. The summed E-state index contributed by atoms with van der Waals surface area (Å²) in [4.78, 5) is 0. The van der Waals surface area contributed by atoms with Gasteiger partial charge >= 0.3 is 0 Å². The van der Waals surface area contributed by atoms with E-state index in [0.717, 1.165) is 0 Å². The summed E-state index contributed by atoms with van der Waals surface area (Å²) in [6, 6.07) is 4.94. The van der Waals surface area contributed by atoms with E-state index < -0.39 is 0 Å². The van der Waals surface area contributed by atoms with E-state index >= 15 is 0 Å². The van der Waals surface area contributed by atoms with Gasteiger partial charge in [0.15, 0.2) is 0 Å². The number of ether oxygens (including phenoxy) is 1. The fourth-order valence-electron chi connectivity index (χ4n) is 0.743. The molecule has 0 saturated heterocycles. The molecule has 1 N–H and O–H groups in total. The van der Waals surface area contributed by atoms with E-state index in [-0.39, 0.29) is 13.2 Å². The van der Waals surface area contributed by atoms with E-state index in [2.05, 4.69) is 0 Å². The Bertz CT molecular complexity index is 263. The molecule has 2 nitrogen and oxygen atoms in total.